The van der Waals surface area contributed by atoms with Crippen molar-refractivity contribution in [2.75, 3.05) is 20.1 Å². The van der Waals surface area contributed by atoms with Crippen molar-refractivity contribution in [3.8, 4) is 6.07 Å². The van der Waals surface area contributed by atoms with Gasteiger partial charge in [-0.2, -0.15) is 18.4 Å². The zero-order valence-electron chi connectivity index (χ0n) is 19.6. The van der Waals surface area contributed by atoms with Crippen molar-refractivity contribution in [2.24, 2.45) is 0 Å². The van der Waals surface area contributed by atoms with Crippen LogP contribution in [-0.4, -0.2) is 41.9 Å². The van der Waals surface area contributed by atoms with Gasteiger partial charge in [-0.05, 0) is 60.6 Å². The highest BCUT2D eigenvalue weighted by atomic mass is 35.5. The van der Waals surface area contributed by atoms with Crippen molar-refractivity contribution in [1.29, 1.82) is 5.26 Å². The third-order valence-corrected chi connectivity index (χ3v) is 7.26. The van der Waals surface area contributed by atoms with Gasteiger partial charge in [0.05, 0.1) is 27.2 Å². The van der Waals surface area contributed by atoms with Crippen LogP contribution in [-0.2, 0) is 12.7 Å². The summed E-state index contributed by atoms with van der Waals surface area (Å²) in [5, 5.41) is 9.93. The van der Waals surface area contributed by atoms with E-state index in [2.05, 4.69) is 0 Å². The number of halogens is 6. The lowest BCUT2D eigenvalue weighted by molar-refractivity contribution is -0.140. The van der Waals surface area contributed by atoms with E-state index in [4.69, 9.17) is 23.2 Å². The summed E-state index contributed by atoms with van der Waals surface area (Å²) in [5.74, 6) is -1.79. The second kappa shape index (κ2) is 10.7. The first kappa shape index (κ1) is 26.9. The molecule has 2 unspecified atom stereocenters. The number of amides is 1. The summed E-state index contributed by atoms with van der Waals surface area (Å²) in [6, 6.07) is 16.3. The molecule has 0 bridgehead atoms. The largest absolute Gasteiger partial charge is 0.419 e. The molecular weight excluding hydrogens is 529 g/mol. The first-order valence-electron chi connectivity index (χ1n) is 11.3. The van der Waals surface area contributed by atoms with Crippen molar-refractivity contribution in [1.82, 2.24) is 9.80 Å². The van der Waals surface area contributed by atoms with Crippen LogP contribution in [0.5, 0.6) is 0 Å². The van der Waals surface area contributed by atoms with E-state index in [1.54, 1.807) is 42.3 Å². The number of hydrogen-bond donors (Lipinski definition) is 0. The van der Waals surface area contributed by atoms with Crippen LogP contribution in [0.4, 0.5) is 17.6 Å². The number of carbonyl (C=O) groups is 1. The number of rotatable bonds is 5. The number of benzene rings is 3. The first-order valence-corrected chi connectivity index (χ1v) is 12.0. The van der Waals surface area contributed by atoms with Crippen molar-refractivity contribution < 1.29 is 22.4 Å². The van der Waals surface area contributed by atoms with Gasteiger partial charge in [-0.1, -0.05) is 41.4 Å². The number of carbonyl (C=O) groups excluding carboxylic acids is 1. The highest BCUT2D eigenvalue weighted by Crippen LogP contribution is 2.36. The molecule has 3 aromatic rings. The van der Waals surface area contributed by atoms with E-state index in [9.17, 15) is 27.6 Å². The van der Waals surface area contributed by atoms with Gasteiger partial charge < -0.3 is 4.90 Å². The molecule has 4 nitrogen and oxygen atoms in total. The lowest BCUT2D eigenvalue weighted by Gasteiger charge is -2.29. The number of likely N-dealkylation sites (N-methyl/N-ethyl adjacent to an activating group) is 1. The van der Waals surface area contributed by atoms with E-state index in [1.165, 1.54) is 12.1 Å². The fourth-order valence-electron chi connectivity index (χ4n) is 4.67. The molecule has 0 aliphatic carbocycles. The zero-order valence-corrected chi connectivity index (χ0v) is 21.1. The van der Waals surface area contributed by atoms with Crippen LogP contribution in [0.25, 0.3) is 0 Å². The Morgan fingerprint density at radius 3 is 2.49 bits per heavy atom. The highest BCUT2D eigenvalue weighted by molar-refractivity contribution is 6.42. The Morgan fingerprint density at radius 1 is 1.08 bits per heavy atom. The second-order valence-electron chi connectivity index (χ2n) is 8.98. The van der Waals surface area contributed by atoms with Crippen molar-refractivity contribution >= 4 is 29.1 Å². The molecule has 0 radical (unpaired) electrons. The quantitative estimate of drug-likeness (QED) is 0.330. The standard InChI is InChI=1S/C27H21Cl2F4N3O/c1-35(13-17-5-7-21(24(30)10-17)27(31,32)33)25-15-36(26(37)19-4-2-3-16(9-19)12-34)14-20(25)18-6-8-22(28)23(29)11-18/h2-11,20,25H,13-15H2,1H3. The topological polar surface area (TPSA) is 47.3 Å². The van der Waals surface area contributed by atoms with Crippen LogP contribution in [0.15, 0.2) is 60.7 Å². The van der Waals surface area contributed by atoms with E-state index in [-0.39, 0.29) is 24.4 Å². The molecule has 10 heteroatoms. The molecule has 1 aliphatic rings. The van der Waals surface area contributed by atoms with E-state index >= 15 is 0 Å². The Hall–Kier alpha value is -3.12. The maximum Gasteiger partial charge on any atom is 0.419 e. The summed E-state index contributed by atoms with van der Waals surface area (Å²) in [6.45, 7) is 0.799. The predicted molar refractivity (Wildman–Crippen MR) is 133 cm³/mol. The lowest BCUT2D eigenvalue weighted by Crippen LogP contribution is -2.38. The SMILES string of the molecule is CN(Cc1ccc(C(F)(F)F)c(F)c1)C1CN(C(=O)c2cccc(C#N)c2)CC1c1ccc(Cl)c(Cl)c1. The van der Waals surface area contributed by atoms with Gasteiger partial charge in [-0.3, -0.25) is 9.69 Å². The van der Waals surface area contributed by atoms with E-state index in [1.807, 2.05) is 17.0 Å². The second-order valence-corrected chi connectivity index (χ2v) is 9.79. The van der Waals surface area contributed by atoms with Crippen LogP contribution in [0.3, 0.4) is 0 Å². The molecule has 0 saturated carbocycles. The molecule has 1 aliphatic heterocycles. The summed E-state index contributed by atoms with van der Waals surface area (Å²) in [4.78, 5) is 16.9. The van der Waals surface area contributed by atoms with Gasteiger partial charge in [0, 0.05) is 37.2 Å². The fourth-order valence-corrected chi connectivity index (χ4v) is 4.97. The number of alkyl halides is 3. The summed E-state index contributed by atoms with van der Waals surface area (Å²) in [6.07, 6.45) is -4.78. The number of nitrogens with zero attached hydrogens (tertiary/aromatic N) is 3. The molecule has 0 aromatic heterocycles. The Bertz CT molecular complexity index is 1370. The van der Waals surface area contributed by atoms with E-state index in [0.717, 1.165) is 17.7 Å². The van der Waals surface area contributed by atoms with Gasteiger partial charge in [0.15, 0.2) is 0 Å². The van der Waals surface area contributed by atoms with Crippen LogP contribution in [0.2, 0.25) is 10.0 Å². The maximum atomic E-state index is 14.2. The first-order chi connectivity index (χ1) is 17.5. The monoisotopic (exact) mass is 549 g/mol. The minimum atomic E-state index is -4.78. The van der Waals surface area contributed by atoms with Crippen LogP contribution < -0.4 is 0 Å². The molecule has 0 spiro atoms. The summed E-state index contributed by atoms with van der Waals surface area (Å²) in [7, 11) is 1.77. The summed E-state index contributed by atoms with van der Waals surface area (Å²) in [5.41, 5.74) is 0.632. The van der Waals surface area contributed by atoms with Gasteiger partial charge in [0.25, 0.3) is 5.91 Å². The van der Waals surface area contributed by atoms with Gasteiger partial charge in [-0.25, -0.2) is 4.39 Å². The van der Waals surface area contributed by atoms with Crippen molar-refractivity contribution in [2.45, 2.75) is 24.7 Å². The van der Waals surface area contributed by atoms with E-state index < -0.39 is 17.6 Å². The lowest BCUT2D eigenvalue weighted by atomic mass is 9.93. The van der Waals surface area contributed by atoms with E-state index in [0.29, 0.717) is 39.8 Å². The van der Waals surface area contributed by atoms with Crippen molar-refractivity contribution in [3.05, 3.63) is 104 Å². The fraction of sp³-hybridized carbons (Fsp3) is 0.259. The molecule has 1 fully saturated rings. The molecule has 1 heterocycles. The van der Waals surface area contributed by atoms with Gasteiger partial charge in [-0.15, -0.1) is 0 Å². The Labute approximate surface area is 221 Å². The summed E-state index contributed by atoms with van der Waals surface area (Å²) < 4.78 is 53.1. The van der Waals surface area contributed by atoms with Gasteiger partial charge >= 0.3 is 6.18 Å². The Morgan fingerprint density at radius 2 is 1.84 bits per heavy atom. The number of likely N-dealkylation sites (tertiary alicyclic amines) is 1. The Kier molecular flexibility index (Phi) is 7.79. The maximum absolute atomic E-state index is 14.2. The minimum Gasteiger partial charge on any atom is -0.336 e. The van der Waals surface area contributed by atoms with Gasteiger partial charge in [0.2, 0.25) is 0 Å². The number of hydrogen-bond acceptors (Lipinski definition) is 3. The smallest absolute Gasteiger partial charge is 0.336 e. The molecule has 192 valence electrons. The Balaban J connectivity index is 1.62. The zero-order chi connectivity index (χ0) is 26.9. The average molecular weight is 550 g/mol. The summed E-state index contributed by atoms with van der Waals surface area (Å²) >= 11 is 12.3. The predicted octanol–water partition coefficient (Wildman–Crippen LogP) is 6.76. The average Bonchev–Trinajstić information content (AvgIpc) is 3.30. The van der Waals surface area contributed by atoms with Crippen LogP contribution in [0, 0.1) is 17.1 Å². The molecule has 0 N–H and O–H groups in total. The highest BCUT2D eigenvalue weighted by Gasteiger charge is 2.39. The number of nitriles is 1. The molecule has 3 aromatic carbocycles. The third kappa shape index (κ3) is 5.90. The van der Waals surface area contributed by atoms with Crippen LogP contribution in [0.1, 0.15) is 38.5 Å². The van der Waals surface area contributed by atoms with Gasteiger partial charge in [0.1, 0.15) is 5.82 Å². The molecule has 1 amide bonds. The van der Waals surface area contributed by atoms with Crippen molar-refractivity contribution in [3.63, 3.8) is 0 Å². The molecule has 37 heavy (non-hydrogen) atoms. The molecule has 1 saturated heterocycles. The normalized spacial score (nSPS) is 17.8. The molecule has 4 rings (SSSR count). The minimum absolute atomic E-state index is 0.156. The van der Waals surface area contributed by atoms with Crippen LogP contribution >= 0.6 is 23.2 Å². The molecular formula is C27H21Cl2F4N3O. The molecule has 2 atom stereocenters. The third-order valence-electron chi connectivity index (χ3n) is 6.52.